The predicted octanol–water partition coefficient (Wildman–Crippen LogP) is 5.33. The van der Waals surface area contributed by atoms with Gasteiger partial charge in [0.1, 0.15) is 4.34 Å². The predicted molar refractivity (Wildman–Crippen MR) is 84.6 cm³/mol. The molecule has 0 spiro atoms. The molecule has 6 heteroatoms. The van der Waals surface area contributed by atoms with Gasteiger partial charge in [-0.2, -0.15) is 0 Å². The first-order chi connectivity index (χ1) is 9.10. The zero-order valence-corrected chi connectivity index (χ0v) is 13.2. The molecule has 100 valence electrons. The second-order valence-corrected chi connectivity index (χ2v) is 7.22. The van der Waals surface area contributed by atoms with Crippen molar-refractivity contribution in [1.29, 1.82) is 0 Å². The molecule has 2 rings (SSSR count). The van der Waals surface area contributed by atoms with Crippen molar-refractivity contribution in [2.75, 3.05) is 5.75 Å². The highest BCUT2D eigenvalue weighted by atomic mass is 35.5. The van der Waals surface area contributed by atoms with Crippen molar-refractivity contribution in [2.24, 2.45) is 5.16 Å². The number of halogens is 2. The molecule has 1 N–H and O–H groups in total. The van der Waals surface area contributed by atoms with E-state index in [1.807, 2.05) is 25.1 Å². The van der Waals surface area contributed by atoms with Crippen LogP contribution in [0.4, 0.5) is 0 Å². The normalized spacial score (nSPS) is 11.8. The van der Waals surface area contributed by atoms with Crippen LogP contribution in [0.5, 0.6) is 0 Å². The summed E-state index contributed by atoms with van der Waals surface area (Å²) >= 11 is 14.8. The van der Waals surface area contributed by atoms with Crippen molar-refractivity contribution in [3.05, 3.63) is 50.1 Å². The van der Waals surface area contributed by atoms with Gasteiger partial charge < -0.3 is 5.21 Å². The van der Waals surface area contributed by atoms with Gasteiger partial charge in [-0.1, -0.05) is 46.1 Å². The van der Waals surface area contributed by atoms with Crippen LogP contribution >= 0.6 is 46.3 Å². The molecule has 0 atom stereocenters. The van der Waals surface area contributed by atoms with Crippen molar-refractivity contribution >= 4 is 52.0 Å². The second-order valence-electron chi connectivity index (χ2n) is 3.89. The molecule has 0 aliphatic heterocycles. The average molecular weight is 332 g/mol. The Morgan fingerprint density at radius 1 is 1.37 bits per heavy atom. The Bertz CT molecular complexity index is 610. The first kappa shape index (κ1) is 14.7. The largest absolute Gasteiger partial charge is 0.411 e. The van der Waals surface area contributed by atoms with Crippen molar-refractivity contribution in [3.8, 4) is 0 Å². The topological polar surface area (TPSA) is 32.6 Å². The van der Waals surface area contributed by atoms with Gasteiger partial charge in [0.2, 0.25) is 0 Å². The Hall–Kier alpha value is -0.680. The van der Waals surface area contributed by atoms with Crippen LogP contribution in [0.2, 0.25) is 8.67 Å². The van der Waals surface area contributed by atoms with E-state index >= 15 is 0 Å². The second kappa shape index (κ2) is 6.66. The lowest BCUT2D eigenvalue weighted by Gasteiger charge is -2.04. The number of benzene rings is 1. The van der Waals surface area contributed by atoms with Gasteiger partial charge in [-0.3, -0.25) is 0 Å². The molecule has 0 radical (unpaired) electrons. The molecule has 0 fully saturated rings. The summed E-state index contributed by atoms with van der Waals surface area (Å²) < 4.78 is 1.13. The Kier molecular flexibility index (Phi) is 5.16. The molecule has 1 aromatic carbocycles. The lowest BCUT2D eigenvalue weighted by molar-refractivity contribution is 0.319. The summed E-state index contributed by atoms with van der Waals surface area (Å²) in [5.41, 5.74) is 2.42. The maximum absolute atomic E-state index is 9.12. The third-order valence-corrected chi connectivity index (χ3v) is 4.95. The number of thioether (sulfide) groups is 1. The fourth-order valence-electron chi connectivity index (χ4n) is 1.55. The SMILES string of the molecule is Cc1cccc(SC/C(=N\O)c2cc(Cl)sc2Cl)c1. The summed E-state index contributed by atoms with van der Waals surface area (Å²) in [6.07, 6.45) is 0. The zero-order valence-electron chi connectivity index (χ0n) is 10.1. The number of rotatable bonds is 4. The Balaban J connectivity index is 2.11. The summed E-state index contributed by atoms with van der Waals surface area (Å²) in [5, 5.41) is 12.5. The summed E-state index contributed by atoms with van der Waals surface area (Å²) in [7, 11) is 0. The number of hydrogen-bond acceptors (Lipinski definition) is 4. The monoisotopic (exact) mass is 331 g/mol. The van der Waals surface area contributed by atoms with Gasteiger partial charge in [0.05, 0.1) is 10.0 Å². The minimum atomic E-state index is 0.527. The molecule has 0 unspecified atom stereocenters. The molecular formula is C13H11Cl2NOS2. The fraction of sp³-hybridized carbons (Fsp3) is 0.154. The maximum atomic E-state index is 9.12. The fourth-order valence-corrected chi connectivity index (χ4v) is 4.02. The Labute approximate surface area is 130 Å². The van der Waals surface area contributed by atoms with Gasteiger partial charge in [-0.15, -0.1) is 23.1 Å². The summed E-state index contributed by atoms with van der Waals surface area (Å²) in [6.45, 7) is 2.04. The Morgan fingerprint density at radius 2 is 2.16 bits per heavy atom. The van der Waals surface area contributed by atoms with Crippen molar-refractivity contribution in [1.82, 2.24) is 0 Å². The molecule has 1 aromatic heterocycles. The van der Waals surface area contributed by atoms with E-state index in [-0.39, 0.29) is 0 Å². The molecule has 19 heavy (non-hydrogen) atoms. The van der Waals surface area contributed by atoms with Crippen LogP contribution in [0.25, 0.3) is 0 Å². The molecule has 2 nitrogen and oxygen atoms in total. The zero-order chi connectivity index (χ0) is 13.8. The first-order valence-corrected chi connectivity index (χ1v) is 8.01. The van der Waals surface area contributed by atoms with Crippen molar-refractivity contribution < 1.29 is 5.21 Å². The van der Waals surface area contributed by atoms with E-state index in [0.717, 1.165) is 4.90 Å². The van der Waals surface area contributed by atoms with Gasteiger partial charge in [0.25, 0.3) is 0 Å². The number of hydrogen-bond donors (Lipinski definition) is 1. The Morgan fingerprint density at radius 3 is 2.74 bits per heavy atom. The number of aryl methyl sites for hydroxylation is 1. The van der Waals surface area contributed by atoms with Gasteiger partial charge >= 0.3 is 0 Å². The molecule has 0 aliphatic carbocycles. The van der Waals surface area contributed by atoms with Gasteiger partial charge in [-0.25, -0.2) is 0 Å². The van der Waals surface area contributed by atoms with E-state index in [2.05, 4.69) is 11.2 Å². The average Bonchev–Trinajstić information content (AvgIpc) is 2.70. The summed E-state index contributed by atoms with van der Waals surface area (Å²) in [5.74, 6) is 0.534. The molecule has 0 aliphatic rings. The number of thiophene rings is 1. The van der Waals surface area contributed by atoms with E-state index in [0.29, 0.717) is 25.7 Å². The van der Waals surface area contributed by atoms with Crippen LogP contribution in [0, 0.1) is 6.92 Å². The van der Waals surface area contributed by atoms with E-state index < -0.39 is 0 Å². The lowest BCUT2D eigenvalue weighted by atomic mass is 10.2. The van der Waals surface area contributed by atoms with E-state index in [1.54, 1.807) is 17.8 Å². The van der Waals surface area contributed by atoms with Crippen molar-refractivity contribution in [3.63, 3.8) is 0 Å². The highest BCUT2D eigenvalue weighted by Crippen LogP contribution is 2.32. The summed E-state index contributed by atoms with van der Waals surface area (Å²) in [6, 6.07) is 9.87. The van der Waals surface area contributed by atoms with E-state index in [9.17, 15) is 0 Å². The van der Waals surface area contributed by atoms with Crippen LogP contribution < -0.4 is 0 Å². The van der Waals surface area contributed by atoms with Crippen LogP contribution in [0.3, 0.4) is 0 Å². The highest BCUT2D eigenvalue weighted by molar-refractivity contribution is 8.00. The van der Waals surface area contributed by atoms with E-state index in [4.69, 9.17) is 28.4 Å². The molecule has 2 aromatic rings. The third kappa shape index (κ3) is 3.89. The molecule has 1 heterocycles. The minimum Gasteiger partial charge on any atom is -0.411 e. The standard InChI is InChI=1S/C13H11Cl2NOS2/c1-8-3-2-4-9(5-8)18-7-11(16-17)10-6-12(14)19-13(10)15/h2-6,17H,7H2,1H3/b16-11+. The van der Waals surface area contributed by atoms with Crippen LogP contribution in [0.15, 0.2) is 40.4 Å². The molecule has 0 saturated heterocycles. The van der Waals surface area contributed by atoms with Gasteiger partial charge in [-0.05, 0) is 25.1 Å². The first-order valence-electron chi connectivity index (χ1n) is 5.45. The van der Waals surface area contributed by atoms with Gasteiger partial charge in [0, 0.05) is 16.2 Å². The van der Waals surface area contributed by atoms with Crippen molar-refractivity contribution in [2.45, 2.75) is 11.8 Å². The molecular weight excluding hydrogens is 321 g/mol. The van der Waals surface area contributed by atoms with E-state index in [1.165, 1.54) is 16.9 Å². The van der Waals surface area contributed by atoms with Crippen LogP contribution in [-0.2, 0) is 0 Å². The maximum Gasteiger partial charge on any atom is 0.104 e. The highest BCUT2D eigenvalue weighted by Gasteiger charge is 2.13. The minimum absolute atomic E-state index is 0.527. The smallest absolute Gasteiger partial charge is 0.104 e. The molecule has 0 saturated carbocycles. The molecule has 0 bridgehead atoms. The third-order valence-electron chi connectivity index (χ3n) is 2.45. The lowest BCUT2D eigenvalue weighted by Crippen LogP contribution is -2.03. The number of nitrogens with zero attached hydrogens (tertiary/aromatic N) is 1. The summed E-state index contributed by atoms with van der Waals surface area (Å²) in [4.78, 5) is 1.12. The quantitative estimate of drug-likeness (QED) is 0.355. The van der Waals surface area contributed by atoms with Crippen LogP contribution in [0.1, 0.15) is 11.1 Å². The number of oxime groups is 1. The van der Waals surface area contributed by atoms with Crippen LogP contribution in [-0.4, -0.2) is 16.7 Å². The molecule has 0 amide bonds. The van der Waals surface area contributed by atoms with Gasteiger partial charge in [0.15, 0.2) is 0 Å².